The lowest BCUT2D eigenvalue weighted by Crippen LogP contribution is -2.33. The van der Waals surface area contributed by atoms with Crippen molar-refractivity contribution in [2.24, 2.45) is 10.7 Å². The van der Waals surface area contributed by atoms with Gasteiger partial charge in [-0.05, 0) is 55.7 Å². The van der Waals surface area contributed by atoms with Gasteiger partial charge >= 0.3 is 0 Å². The van der Waals surface area contributed by atoms with Crippen LogP contribution in [0.5, 0.6) is 0 Å². The van der Waals surface area contributed by atoms with E-state index < -0.39 is 9.84 Å². The number of fused-ring (bicyclic) bond motifs is 1. The Labute approximate surface area is 161 Å². The zero-order valence-electron chi connectivity index (χ0n) is 13.8. The van der Waals surface area contributed by atoms with E-state index in [1.165, 1.54) is 24.0 Å². The highest BCUT2D eigenvalue weighted by molar-refractivity contribution is 14.0. The maximum absolute atomic E-state index is 12.0. The third kappa shape index (κ3) is 4.62. The monoisotopic (exact) mass is 463 g/mol. The largest absolute Gasteiger partial charge is 0.370 e. The van der Waals surface area contributed by atoms with Crippen molar-refractivity contribution in [2.45, 2.75) is 50.2 Å². The molecule has 3 N–H and O–H groups in total. The minimum Gasteiger partial charge on any atom is -0.370 e. The Morgan fingerprint density at radius 2 is 2.00 bits per heavy atom. The van der Waals surface area contributed by atoms with Crippen LogP contribution in [0.1, 0.15) is 43.2 Å². The van der Waals surface area contributed by atoms with E-state index >= 15 is 0 Å². The molecular formula is C17H26IN3O2S. The van der Waals surface area contributed by atoms with Gasteiger partial charge < -0.3 is 11.1 Å². The van der Waals surface area contributed by atoms with E-state index in [4.69, 9.17) is 5.73 Å². The van der Waals surface area contributed by atoms with Crippen LogP contribution in [0.25, 0.3) is 0 Å². The highest BCUT2D eigenvalue weighted by atomic mass is 127. The number of aryl methyl sites for hydroxylation is 1. The lowest BCUT2D eigenvalue weighted by atomic mass is 9.90. The smallest absolute Gasteiger partial charge is 0.193 e. The fourth-order valence-corrected chi connectivity index (χ4v) is 5.27. The van der Waals surface area contributed by atoms with Crippen molar-refractivity contribution >= 4 is 45.5 Å². The first kappa shape index (κ1) is 19.5. The molecule has 0 bridgehead atoms. The number of hydrogen-bond donors (Lipinski definition) is 2. The molecule has 1 aliphatic carbocycles. The Morgan fingerprint density at radius 3 is 2.79 bits per heavy atom. The molecule has 1 atom stereocenters. The summed E-state index contributed by atoms with van der Waals surface area (Å²) in [6.07, 6.45) is 7.03. The van der Waals surface area contributed by atoms with Crippen LogP contribution in [-0.4, -0.2) is 31.9 Å². The number of hydrogen-bond acceptors (Lipinski definition) is 3. The summed E-state index contributed by atoms with van der Waals surface area (Å²) in [5.41, 5.74) is 9.70. The van der Waals surface area contributed by atoms with Crippen LogP contribution in [0, 0.1) is 0 Å². The molecule has 1 fully saturated rings. The molecular weight excluding hydrogens is 437 g/mol. The number of nitrogens with one attached hydrogen (secondary N) is 1. The van der Waals surface area contributed by atoms with Crippen molar-refractivity contribution in [3.63, 3.8) is 0 Å². The van der Waals surface area contributed by atoms with Crippen molar-refractivity contribution in [3.05, 3.63) is 29.3 Å². The molecule has 1 aliphatic heterocycles. The van der Waals surface area contributed by atoms with E-state index in [-0.39, 0.29) is 41.5 Å². The zero-order valence-corrected chi connectivity index (χ0v) is 17.0. The number of sulfone groups is 1. The Morgan fingerprint density at radius 1 is 1.21 bits per heavy atom. The SMILES string of the molecule is I.NC(=NCC1CCCCS1(=O)=O)Nc1cccc2c1CCCC2. The number of rotatable bonds is 3. The van der Waals surface area contributed by atoms with E-state index in [0.717, 1.165) is 31.4 Å². The van der Waals surface area contributed by atoms with Crippen molar-refractivity contribution in [1.82, 2.24) is 0 Å². The third-order valence-corrected chi connectivity index (χ3v) is 7.09. The van der Waals surface area contributed by atoms with Gasteiger partial charge in [0.2, 0.25) is 0 Å². The Bertz CT molecular complexity index is 704. The van der Waals surface area contributed by atoms with Crippen LogP contribution in [-0.2, 0) is 22.7 Å². The van der Waals surface area contributed by atoms with Crippen LogP contribution in [0.2, 0.25) is 0 Å². The van der Waals surface area contributed by atoms with E-state index in [2.05, 4.69) is 16.4 Å². The number of nitrogens with zero attached hydrogens (tertiary/aromatic N) is 1. The first-order valence-electron chi connectivity index (χ1n) is 8.45. The number of guanidine groups is 1. The molecule has 0 amide bonds. The molecule has 1 aromatic rings. The Kier molecular flexibility index (Phi) is 6.91. The van der Waals surface area contributed by atoms with Gasteiger partial charge in [-0.2, -0.15) is 0 Å². The number of aliphatic imine (C=N–C) groups is 1. The third-order valence-electron chi connectivity index (χ3n) is 4.84. The number of halogens is 1. The first-order chi connectivity index (χ1) is 11.1. The van der Waals surface area contributed by atoms with E-state index in [9.17, 15) is 8.42 Å². The number of nitrogens with two attached hydrogens (primary N) is 1. The molecule has 1 heterocycles. The lowest BCUT2D eigenvalue weighted by molar-refractivity contribution is 0.541. The van der Waals surface area contributed by atoms with Gasteiger partial charge in [0, 0.05) is 5.69 Å². The molecule has 0 radical (unpaired) electrons. The van der Waals surface area contributed by atoms with Crippen molar-refractivity contribution in [1.29, 1.82) is 0 Å². The molecule has 2 aliphatic rings. The highest BCUT2D eigenvalue weighted by Crippen LogP contribution is 2.27. The maximum Gasteiger partial charge on any atom is 0.193 e. The van der Waals surface area contributed by atoms with Crippen LogP contribution >= 0.6 is 24.0 Å². The molecule has 0 aromatic heterocycles. The summed E-state index contributed by atoms with van der Waals surface area (Å²) in [6.45, 7) is 0.260. The predicted octanol–water partition coefficient (Wildman–Crippen LogP) is 2.88. The average Bonchev–Trinajstić information content (AvgIpc) is 2.54. The number of anilines is 1. The minimum absolute atomic E-state index is 0. The first-order valence-corrected chi connectivity index (χ1v) is 10.2. The van der Waals surface area contributed by atoms with Crippen LogP contribution in [0.15, 0.2) is 23.2 Å². The molecule has 1 unspecified atom stereocenters. The summed E-state index contributed by atoms with van der Waals surface area (Å²) < 4.78 is 24.0. The maximum atomic E-state index is 12.0. The molecule has 0 saturated carbocycles. The fourth-order valence-electron chi connectivity index (χ4n) is 3.50. The van der Waals surface area contributed by atoms with Crippen LogP contribution in [0.4, 0.5) is 5.69 Å². The van der Waals surface area contributed by atoms with Gasteiger partial charge in [0.05, 0.1) is 17.5 Å². The van der Waals surface area contributed by atoms with Crippen molar-refractivity contribution < 1.29 is 8.42 Å². The summed E-state index contributed by atoms with van der Waals surface area (Å²) in [6, 6.07) is 6.22. The molecule has 3 rings (SSSR count). The van der Waals surface area contributed by atoms with Gasteiger partial charge in [-0.25, -0.2) is 8.42 Å². The molecule has 24 heavy (non-hydrogen) atoms. The molecule has 5 nitrogen and oxygen atoms in total. The minimum atomic E-state index is -3.00. The molecule has 134 valence electrons. The van der Waals surface area contributed by atoms with Gasteiger partial charge in [0.15, 0.2) is 15.8 Å². The average molecular weight is 463 g/mol. The molecule has 1 saturated heterocycles. The fraction of sp³-hybridized carbons (Fsp3) is 0.588. The summed E-state index contributed by atoms with van der Waals surface area (Å²) in [5, 5.41) is 2.80. The van der Waals surface area contributed by atoms with Crippen molar-refractivity contribution in [3.8, 4) is 0 Å². The second-order valence-electron chi connectivity index (χ2n) is 6.49. The van der Waals surface area contributed by atoms with Gasteiger partial charge in [0.25, 0.3) is 0 Å². The molecule has 7 heteroatoms. The Balaban J connectivity index is 0.00000208. The highest BCUT2D eigenvalue weighted by Gasteiger charge is 2.28. The van der Waals surface area contributed by atoms with Crippen LogP contribution in [0.3, 0.4) is 0 Å². The predicted molar refractivity (Wildman–Crippen MR) is 110 cm³/mol. The quantitative estimate of drug-likeness (QED) is 0.410. The normalized spacial score (nSPS) is 23.0. The van der Waals surface area contributed by atoms with E-state index in [1.807, 2.05) is 12.1 Å². The topological polar surface area (TPSA) is 84.5 Å². The lowest BCUT2D eigenvalue weighted by Gasteiger charge is -2.21. The van der Waals surface area contributed by atoms with Gasteiger partial charge in [-0.3, -0.25) is 4.99 Å². The van der Waals surface area contributed by atoms with E-state index in [0.29, 0.717) is 12.4 Å². The van der Waals surface area contributed by atoms with Crippen LogP contribution < -0.4 is 11.1 Å². The molecule has 0 spiro atoms. The summed E-state index contributed by atoms with van der Waals surface area (Å²) in [4.78, 5) is 4.29. The second kappa shape index (κ2) is 8.51. The summed E-state index contributed by atoms with van der Waals surface area (Å²) >= 11 is 0. The van der Waals surface area contributed by atoms with Gasteiger partial charge in [-0.15, -0.1) is 24.0 Å². The Hall–Kier alpha value is -0.830. The summed E-state index contributed by atoms with van der Waals surface area (Å²) in [7, 11) is -3.00. The number of benzene rings is 1. The molecule has 1 aromatic carbocycles. The van der Waals surface area contributed by atoms with E-state index in [1.54, 1.807) is 0 Å². The zero-order chi connectivity index (χ0) is 16.3. The summed E-state index contributed by atoms with van der Waals surface area (Å²) in [5.74, 6) is 0.594. The standard InChI is InChI=1S/C17H25N3O2S.HI/c18-17(19-12-14-8-3-4-11-23(14,21)22)20-16-10-5-7-13-6-1-2-9-15(13)16;/h5,7,10,14H,1-4,6,8-9,11-12H2,(H3,18,19,20);1H. The second-order valence-corrected chi connectivity index (χ2v) is 8.89. The van der Waals surface area contributed by atoms with Crippen molar-refractivity contribution in [2.75, 3.05) is 17.6 Å². The van der Waals surface area contributed by atoms with Gasteiger partial charge in [0.1, 0.15) is 0 Å². The van der Waals surface area contributed by atoms with Gasteiger partial charge in [-0.1, -0.05) is 18.6 Å².